The molecule has 1 saturated carbocycles. The van der Waals surface area contributed by atoms with Gasteiger partial charge in [-0.05, 0) is 33.4 Å². The Labute approximate surface area is 86.6 Å². The Bertz CT molecular complexity index is 246. The summed E-state index contributed by atoms with van der Waals surface area (Å²) in [4.78, 5) is 12.5. The molecule has 0 aliphatic heterocycles. The first-order chi connectivity index (χ1) is 6.78. The molecule has 6 heteroatoms. The quantitative estimate of drug-likeness (QED) is 0.780. The molecule has 0 heterocycles. The Morgan fingerprint density at radius 3 is 2.20 bits per heavy atom. The Morgan fingerprint density at radius 2 is 1.93 bits per heavy atom. The molecule has 1 N–H and O–H groups in total. The molecule has 0 radical (unpaired) electrons. The standard InChI is InChI=1S/C9H15F3N2O/c1-14(2)8(4-3-5-8)6-13-7(15)9(10,11)12/h3-6H2,1-2H3,(H,13,15). The molecule has 1 amide bonds. The first-order valence-corrected chi connectivity index (χ1v) is 4.80. The molecule has 1 aliphatic carbocycles. The van der Waals surface area contributed by atoms with Crippen molar-refractivity contribution in [2.24, 2.45) is 0 Å². The van der Waals surface area contributed by atoms with Crippen molar-refractivity contribution in [2.45, 2.75) is 31.0 Å². The number of carbonyl (C=O) groups excluding carboxylic acids is 1. The monoisotopic (exact) mass is 224 g/mol. The van der Waals surface area contributed by atoms with Crippen LogP contribution in [0.4, 0.5) is 13.2 Å². The van der Waals surface area contributed by atoms with Crippen LogP contribution in [0.15, 0.2) is 0 Å². The molecule has 0 unspecified atom stereocenters. The summed E-state index contributed by atoms with van der Waals surface area (Å²) in [6.07, 6.45) is -2.12. The smallest absolute Gasteiger partial charge is 0.346 e. The lowest BCUT2D eigenvalue weighted by Gasteiger charge is -2.47. The molecule has 0 saturated heterocycles. The van der Waals surface area contributed by atoms with Crippen LogP contribution in [0.2, 0.25) is 0 Å². The molecule has 0 aromatic carbocycles. The summed E-state index contributed by atoms with van der Waals surface area (Å²) in [6, 6.07) is 0. The molecule has 0 atom stereocenters. The van der Waals surface area contributed by atoms with E-state index in [0.717, 1.165) is 19.3 Å². The van der Waals surface area contributed by atoms with Crippen LogP contribution >= 0.6 is 0 Å². The highest BCUT2D eigenvalue weighted by Gasteiger charge is 2.43. The third-order valence-electron chi connectivity index (χ3n) is 3.07. The summed E-state index contributed by atoms with van der Waals surface area (Å²) in [5, 5.41) is 1.94. The van der Waals surface area contributed by atoms with Crippen LogP contribution in [0, 0.1) is 0 Å². The van der Waals surface area contributed by atoms with Gasteiger partial charge in [0.1, 0.15) is 0 Å². The number of nitrogens with zero attached hydrogens (tertiary/aromatic N) is 1. The molecule has 1 rings (SSSR count). The molecule has 1 fully saturated rings. The molecule has 15 heavy (non-hydrogen) atoms. The normalized spacial score (nSPS) is 19.9. The van der Waals surface area contributed by atoms with E-state index in [2.05, 4.69) is 0 Å². The third kappa shape index (κ3) is 2.62. The summed E-state index contributed by atoms with van der Waals surface area (Å²) in [7, 11) is 3.64. The fourth-order valence-corrected chi connectivity index (χ4v) is 1.71. The number of hydrogen-bond donors (Lipinski definition) is 1. The summed E-state index contributed by atoms with van der Waals surface area (Å²) in [5.74, 6) is -1.85. The molecular formula is C9H15F3N2O. The zero-order chi connectivity index (χ0) is 11.7. The van der Waals surface area contributed by atoms with E-state index in [0.29, 0.717) is 0 Å². The van der Waals surface area contributed by atoms with Crippen molar-refractivity contribution in [1.29, 1.82) is 0 Å². The molecule has 88 valence electrons. The zero-order valence-corrected chi connectivity index (χ0v) is 8.82. The summed E-state index contributed by atoms with van der Waals surface area (Å²) in [6.45, 7) is 0.0678. The average molecular weight is 224 g/mol. The minimum absolute atomic E-state index is 0.0678. The van der Waals surface area contributed by atoms with Crippen LogP contribution in [-0.4, -0.2) is 43.2 Å². The van der Waals surface area contributed by atoms with Crippen LogP contribution < -0.4 is 5.32 Å². The fourth-order valence-electron chi connectivity index (χ4n) is 1.71. The van der Waals surface area contributed by atoms with E-state index in [1.54, 1.807) is 0 Å². The van der Waals surface area contributed by atoms with Crippen molar-refractivity contribution in [3.8, 4) is 0 Å². The first kappa shape index (κ1) is 12.3. The molecule has 0 spiro atoms. The van der Waals surface area contributed by atoms with E-state index in [-0.39, 0.29) is 12.1 Å². The summed E-state index contributed by atoms with van der Waals surface area (Å²) >= 11 is 0. The lowest BCUT2D eigenvalue weighted by molar-refractivity contribution is -0.174. The second kappa shape index (κ2) is 4.00. The number of likely N-dealkylation sites (N-methyl/N-ethyl adjacent to an activating group) is 1. The van der Waals surface area contributed by atoms with Crippen LogP contribution in [0.5, 0.6) is 0 Å². The van der Waals surface area contributed by atoms with E-state index in [9.17, 15) is 18.0 Å². The Kier molecular flexibility index (Phi) is 3.28. The lowest BCUT2D eigenvalue weighted by atomic mass is 9.75. The van der Waals surface area contributed by atoms with E-state index >= 15 is 0 Å². The van der Waals surface area contributed by atoms with Gasteiger partial charge >= 0.3 is 12.1 Å². The Balaban J connectivity index is 2.46. The predicted molar refractivity (Wildman–Crippen MR) is 49.3 cm³/mol. The van der Waals surface area contributed by atoms with Crippen LogP contribution in [-0.2, 0) is 4.79 Å². The number of carbonyl (C=O) groups is 1. The molecule has 0 aromatic heterocycles. The van der Waals surface area contributed by atoms with E-state index in [4.69, 9.17) is 0 Å². The molecule has 0 bridgehead atoms. The van der Waals surface area contributed by atoms with Gasteiger partial charge in [0.25, 0.3) is 0 Å². The second-order valence-electron chi connectivity index (χ2n) is 4.15. The molecule has 3 nitrogen and oxygen atoms in total. The van der Waals surface area contributed by atoms with Gasteiger partial charge in [0.15, 0.2) is 0 Å². The van der Waals surface area contributed by atoms with E-state index in [1.165, 1.54) is 0 Å². The largest absolute Gasteiger partial charge is 0.471 e. The van der Waals surface area contributed by atoms with Crippen molar-refractivity contribution in [1.82, 2.24) is 10.2 Å². The van der Waals surface area contributed by atoms with E-state index in [1.807, 2.05) is 24.3 Å². The summed E-state index contributed by atoms with van der Waals surface area (Å²) in [5.41, 5.74) is -0.277. The molecule has 0 aromatic rings. The first-order valence-electron chi connectivity index (χ1n) is 4.80. The minimum atomic E-state index is -4.78. The second-order valence-corrected chi connectivity index (χ2v) is 4.15. The van der Waals surface area contributed by atoms with Crippen LogP contribution in [0.3, 0.4) is 0 Å². The van der Waals surface area contributed by atoms with Gasteiger partial charge in [-0.3, -0.25) is 4.79 Å². The molecular weight excluding hydrogens is 209 g/mol. The number of hydrogen-bond acceptors (Lipinski definition) is 2. The topological polar surface area (TPSA) is 32.3 Å². The van der Waals surface area contributed by atoms with Gasteiger partial charge in [-0.25, -0.2) is 0 Å². The van der Waals surface area contributed by atoms with Gasteiger partial charge in [-0.1, -0.05) is 0 Å². The Hall–Kier alpha value is -0.780. The van der Waals surface area contributed by atoms with Crippen LogP contribution in [0.1, 0.15) is 19.3 Å². The van der Waals surface area contributed by atoms with Crippen molar-refractivity contribution >= 4 is 5.91 Å². The number of nitrogens with one attached hydrogen (secondary N) is 1. The number of amides is 1. The van der Waals surface area contributed by atoms with E-state index < -0.39 is 12.1 Å². The van der Waals surface area contributed by atoms with Gasteiger partial charge in [-0.2, -0.15) is 13.2 Å². The highest BCUT2D eigenvalue weighted by atomic mass is 19.4. The molecule has 1 aliphatic rings. The van der Waals surface area contributed by atoms with Gasteiger partial charge in [0.05, 0.1) is 0 Å². The number of halogens is 3. The maximum absolute atomic E-state index is 11.9. The SMILES string of the molecule is CN(C)C1(CNC(=O)C(F)(F)F)CCC1. The van der Waals surface area contributed by atoms with Crippen molar-refractivity contribution < 1.29 is 18.0 Å². The van der Waals surface area contributed by atoms with Crippen molar-refractivity contribution in [2.75, 3.05) is 20.6 Å². The minimum Gasteiger partial charge on any atom is -0.346 e. The maximum atomic E-state index is 11.9. The third-order valence-corrected chi connectivity index (χ3v) is 3.07. The maximum Gasteiger partial charge on any atom is 0.471 e. The van der Waals surface area contributed by atoms with Crippen molar-refractivity contribution in [3.63, 3.8) is 0 Å². The van der Waals surface area contributed by atoms with Gasteiger partial charge in [0, 0.05) is 12.1 Å². The van der Waals surface area contributed by atoms with Gasteiger partial charge < -0.3 is 10.2 Å². The average Bonchev–Trinajstić information content (AvgIpc) is 1.99. The highest BCUT2D eigenvalue weighted by Crippen LogP contribution is 2.35. The highest BCUT2D eigenvalue weighted by molar-refractivity contribution is 5.81. The van der Waals surface area contributed by atoms with Crippen LogP contribution in [0.25, 0.3) is 0 Å². The fraction of sp³-hybridized carbons (Fsp3) is 0.889. The van der Waals surface area contributed by atoms with Gasteiger partial charge in [-0.15, -0.1) is 0 Å². The number of rotatable bonds is 3. The number of alkyl halides is 3. The summed E-state index contributed by atoms with van der Waals surface area (Å²) < 4.78 is 35.8. The zero-order valence-electron chi connectivity index (χ0n) is 8.82. The van der Waals surface area contributed by atoms with Gasteiger partial charge in [0.2, 0.25) is 0 Å². The van der Waals surface area contributed by atoms with Crippen molar-refractivity contribution in [3.05, 3.63) is 0 Å². The lowest BCUT2D eigenvalue weighted by Crippen LogP contribution is -2.58. The predicted octanol–water partition coefficient (Wildman–Crippen LogP) is 1.15. The Morgan fingerprint density at radius 1 is 1.40 bits per heavy atom.